The number of carbonyl (C=O) groups excluding carboxylic acids is 1. The van der Waals surface area contributed by atoms with E-state index in [2.05, 4.69) is 20.7 Å². The minimum absolute atomic E-state index is 0.374. The number of ether oxygens (including phenoxy) is 1. The summed E-state index contributed by atoms with van der Waals surface area (Å²) in [6, 6.07) is 5.08. The van der Waals surface area contributed by atoms with Gasteiger partial charge in [-0.15, -0.1) is 0 Å². The molecule has 0 unspecified atom stereocenters. The Morgan fingerprint density at radius 2 is 1.92 bits per heavy atom. The lowest BCUT2D eigenvalue weighted by Crippen LogP contribution is -2.14. The third-order valence-electron chi connectivity index (χ3n) is 2.94. The summed E-state index contributed by atoms with van der Waals surface area (Å²) in [6.45, 7) is 0. The van der Waals surface area contributed by atoms with Crippen molar-refractivity contribution < 1.29 is 32.6 Å². The van der Waals surface area contributed by atoms with Crippen molar-refractivity contribution in [3.05, 3.63) is 46.2 Å². The van der Waals surface area contributed by atoms with E-state index in [4.69, 9.17) is 0 Å². The molecule has 24 heavy (non-hydrogen) atoms. The number of hydrogen-bond acceptors (Lipinski definition) is 6. The van der Waals surface area contributed by atoms with Crippen LogP contribution >= 0.6 is 15.9 Å². The number of methoxy groups -OCH3 is 1. The monoisotopic (exact) mass is 419 g/mol. The molecule has 7 nitrogen and oxygen atoms in total. The van der Waals surface area contributed by atoms with Crippen molar-refractivity contribution in [1.29, 1.82) is 0 Å². The van der Waals surface area contributed by atoms with E-state index in [-0.39, 0.29) is 0 Å². The Hall–Kier alpha value is -2.33. The van der Waals surface area contributed by atoms with E-state index in [0.29, 0.717) is 16.6 Å². The molecule has 2 aromatic carbocycles. The fraction of sp³-hybridized carbons (Fsp3) is 0.0714. The van der Waals surface area contributed by atoms with Gasteiger partial charge in [-0.1, -0.05) is 15.9 Å². The summed E-state index contributed by atoms with van der Waals surface area (Å²) < 4.78 is 45.0. The van der Waals surface area contributed by atoms with Crippen LogP contribution in [0.4, 0.5) is 10.1 Å². The highest BCUT2D eigenvalue weighted by Gasteiger charge is 2.24. The van der Waals surface area contributed by atoms with Crippen LogP contribution in [0, 0.1) is 5.82 Å². The molecule has 128 valence electrons. The van der Waals surface area contributed by atoms with Gasteiger partial charge in [0.15, 0.2) is 5.75 Å². The van der Waals surface area contributed by atoms with E-state index in [1.165, 1.54) is 6.07 Å². The van der Waals surface area contributed by atoms with E-state index < -0.39 is 49.5 Å². The Balaban J connectivity index is 2.52. The zero-order valence-corrected chi connectivity index (χ0v) is 14.5. The second-order valence-electron chi connectivity index (χ2n) is 4.56. The summed E-state index contributed by atoms with van der Waals surface area (Å²) in [4.78, 5) is 11.0. The highest BCUT2D eigenvalue weighted by molar-refractivity contribution is 9.10. The van der Waals surface area contributed by atoms with Gasteiger partial charge < -0.3 is 14.9 Å². The van der Waals surface area contributed by atoms with Crippen molar-refractivity contribution >= 4 is 37.6 Å². The molecule has 0 saturated carbocycles. The largest absolute Gasteiger partial charge is 0.507 e. The number of nitrogens with one attached hydrogen (secondary N) is 1. The summed E-state index contributed by atoms with van der Waals surface area (Å²) >= 11 is 3.07. The molecular formula is C14H11BrFNO6S. The second kappa shape index (κ2) is 6.65. The molecule has 2 aromatic rings. The second-order valence-corrected chi connectivity index (χ2v) is 7.13. The minimum atomic E-state index is -4.36. The van der Waals surface area contributed by atoms with Crippen LogP contribution in [0.3, 0.4) is 0 Å². The number of phenols is 2. The fourth-order valence-electron chi connectivity index (χ4n) is 1.85. The molecule has 10 heteroatoms. The smallest absolute Gasteiger partial charge is 0.341 e. The maximum atomic E-state index is 13.6. The molecule has 3 N–H and O–H groups in total. The van der Waals surface area contributed by atoms with E-state index in [1.54, 1.807) is 0 Å². The first-order valence-corrected chi connectivity index (χ1v) is 8.55. The van der Waals surface area contributed by atoms with Crippen molar-refractivity contribution in [2.24, 2.45) is 0 Å². The average molecular weight is 420 g/mol. The van der Waals surface area contributed by atoms with Gasteiger partial charge in [-0.2, -0.15) is 0 Å². The lowest BCUT2D eigenvalue weighted by molar-refractivity contribution is 0.0597. The van der Waals surface area contributed by atoms with Crippen LogP contribution in [0.5, 0.6) is 11.5 Å². The van der Waals surface area contributed by atoms with Crippen LogP contribution in [0.1, 0.15) is 10.4 Å². The van der Waals surface area contributed by atoms with Gasteiger partial charge in [0.2, 0.25) is 0 Å². The molecule has 0 fully saturated rings. The number of hydrogen-bond donors (Lipinski definition) is 3. The van der Waals surface area contributed by atoms with Gasteiger partial charge >= 0.3 is 5.97 Å². The summed E-state index contributed by atoms with van der Waals surface area (Å²) in [6.07, 6.45) is 0. The molecule has 0 atom stereocenters. The summed E-state index contributed by atoms with van der Waals surface area (Å²) in [5, 5.41) is 19.7. The van der Waals surface area contributed by atoms with E-state index in [9.17, 15) is 27.8 Å². The highest BCUT2D eigenvalue weighted by Crippen LogP contribution is 2.33. The molecule has 0 aliphatic carbocycles. The number of esters is 1. The number of rotatable bonds is 4. The van der Waals surface area contributed by atoms with Crippen molar-refractivity contribution in [2.45, 2.75) is 4.90 Å². The van der Waals surface area contributed by atoms with E-state index in [0.717, 1.165) is 19.2 Å². The number of aromatic hydroxyl groups is 2. The minimum Gasteiger partial charge on any atom is -0.507 e. The van der Waals surface area contributed by atoms with Crippen LogP contribution in [0.2, 0.25) is 0 Å². The van der Waals surface area contributed by atoms with Crippen LogP contribution in [-0.4, -0.2) is 31.7 Å². The number of benzene rings is 2. The lowest BCUT2D eigenvalue weighted by Gasteiger charge is -2.13. The summed E-state index contributed by atoms with van der Waals surface area (Å²) in [7, 11) is -3.34. The van der Waals surface area contributed by atoms with Gasteiger partial charge in [-0.3, -0.25) is 4.72 Å². The quantitative estimate of drug-likeness (QED) is 0.518. The topological polar surface area (TPSA) is 113 Å². The zero-order valence-electron chi connectivity index (χ0n) is 12.1. The summed E-state index contributed by atoms with van der Waals surface area (Å²) in [5.41, 5.74) is -1.12. The van der Waals surface area contributed by atoms with Gasteiger partial charge in [-0.05, 0) is 24.3 Å². The molecule has 0 saturated heterocycles. The van der Waals surface area contributed by atoms with Crippen LogP contribution in [-0.2, 0) is 14.8 Å². The number of phenolic OH excluding ortho intramolecular Hbond substituents is 2. The zero-order chi connectivity index (χ0) is 18.1. The normalized spacial score (nSPS) is 11.1. The van der Waals surface area contributed by atoms with Gasteiger partial charge in [0.1, 0.15) is 22.0 Å². The van der Waals surface area contributed by atoms with Crippen molar-refractivity contribution in [3.63, 3.8) is 0 Å². The number of sulfonamides is 1. The van der Waals surface area contributed by atoms with E-state index >= 15 is 0 Å². The molecule has 0 spiro atoms. The predicted octanol–water partition coefficient (Wildman–Crippen LogP) is 2.59. The number of halogens is 2. The molecule has 0 heterocycles. The first-order chi connectivity index (χ1) is 11.2. The Morgan fingerprint density at radius 3 is 2.54 bits per heavy atom. The average Bonchev–Trinajstić information content (AvgIpc) is 2.51. The first-order valence-electron chi connectivity index (χ1n) is 6.28. The third-order valence-corrected chi connectivity index (χ3v) is 4.82. The molecule has 0 bridgehead atoms. The SMILES string of the molecule is COC(=O)c1cc(F)cc(NS(=O)(=O)c2cc(Br)ccc2O)c1O. The Bertz CT molecular complexity index is 916. The van der Waals surface area contributed by atoms with Crippen molar-refractivity contribution in [1.82, 2.24) is 0 Å². The van der Waals surface area contributed by atoms with Gasteiger partial charge in [0.05, 0.1) is 12.8 Å². The standard InChI is InChI=1S/C14H11BrFNO6S/c1-23-14(20)9-5-8(16)6-10(13(9)19)17-24(21,22)12-4-7(15)2-3-11(12)18/h2-6,17-19H,1H3. The maximum Gasteiger partial charge on any atom is 0.341 e. The Labute approximate surface area is 144 Å². The van der Waals surface area contributed by atoms with Crippen molar-refractivity contribution in [3.8, 4) is 11.5 Å². The van der Waals surface area contributed by atoms with Gasteiger partial charge in [0.25, 0.3) is 10.0 Å². The third kappa shape index (κ3) is 3.60. The molecule has 0 aliphatic rings. The molecule has 0 radical (unpaired) electrons. The van der Waals surface area contributed by atoms with Crippen LogP contribution in [0.25, 0.3) is 0 Å². The maximum absolute atomic E-state index is 13.6. The molecule has 0 aromatic heterocycles. The van der Waals surface area contributed by atoms with Crippen molar-refractivity contribution in [2.75, 3.05) is 11.8 Å². The van der Waals surface area contributed by atoms with Crippen LogP contribution in [0.15, 0.2) is 39.7 Å². The molecular weight excluding hydrogens is 409 g/mol. The summed E-state index contributed by atoms with van der Waals surface area (Å²) in [5.74, 6) is -3.36. The highest BCUT2D eigenvalue weighted by atomic mass is 79.9. The van der Waals surface area contributed by atoms with E-state index in [1.807, 2.05) is 4.72 Å². The van der Waals surface area contributed by atoms with Gasteiger partial charge in [0, 0.05) is 10.5 Å². The fourth-order valence-corrected chi connectivity index (χ4v) is 3.54. The molecule has 0 amide bonds. The van der Waals surface area contributed by atoms with Crippen LogP contribution < -0.4 is 4.72 Å². The number of carbonyl (C=O) groups is 1. The first kappa shape index (κ1) is 18.0. The molecule has 0 aliphatic heterocycles. The Morgan fingerprint density at radius 1 is 1.25 bits per heavy atom. The number of anilines is 1. The Kier molecular flexibility index (Phi) is 4.99. The predicted molar refractivity (Wildman–Crippen MR) is 86.0 cm³/mol. The lowest BCUT2D eigenvalue weighted by atomic mass is 10.1. The van der Waals surface area contributed by atoms with Gasteiger partial charge in [-0.25, -0.2) is 17.6 Å². The molecule has 2 rings (SSSR count).